The topological polar surface area (TPSA) is 70.7 Å². The molecule has 0 unspecified atom stereocenters. The van der Waals surface area contributed by atoms with E-state index in [2.05, 4.69) is 30.5 Å². The van der Waals surface area contributed by atoms with Crippen LogP contribution in [0.3, 0.4) is 0 Å². The molecule has 0 aliphatic carbocycles. The number of ether oxygens (including phenoxy) is 1. The van der Waals surface area contributed by atoms with Crippen LogP contribution >= 0.6 is 0 Å². The van der Waals surface area contributed by atoms with Gasteiger partial charge in [0.05, 0.1) is 13.7 Å². The van der Waals surface area contributed by atoms with Crippen molar-refractivity contribution in [3.8, 4) is 5.75 Å². The van der Waals surface area contributed by atoms with Crippen molar-refractivity contribution < 1.29 is 14.3 Å². The monoisotopic (exact) mass is 371 g/mol. The molecule has 0 saturated carbocycles. The van der Waals surface area contributed by atoms with Crippen molar-refractivity contribution >= 4 is 22.7 Å². The lowest BCUT2D eigenvalue weighted by atomic mass is 10.1. The molecule has 0 atom stereocenters. The molecule has 27 heavy (non-hydrogen) atoms. The summed E-state index contributed by atoms with van der Waals surface area (Å²) in [7, 11) is 3.51. The minimum absolute atomic E-state index is 0.151. The Kier molecular flexibility index (Phi) is 7.61. The fraction of sp³-hybridized carbons (Fsp3) is 0.429. The minimum Gasteiger partial charge on any atom is -0.497 e. The van der Waals surface area contributed by atoms with Gasteiger partial charge < -0.3 is 10.1 Å². The summed E-state index contributed by atoms with van der Waals surface area (Å²) >= 11 is 0. The molecule has 0 heterocycles. The highest BCUT2D eigenvalue weighted by Gasteiger charge is 2.11. The fourth-order valence-electron chi connectivity index (χ4n) is 2.80. The van der Waals surface area contributed by atoms with Gasteiger partial charge in [-0.15, -0.1) is 0 Å². The number of hydrogen-bond donors (Lipinski definition) is 2. The molecule has 146 valence electrons. The summed E-state index contributed by atoms with van der Waals surface area (Å²) in [5, 5.41) is 7.29. The molecule has 0 spiro atoms. The molecule has 6 heteroatoms. The van der Waals surface area contributed by atoms with E-state index in [4.69, 9.17) is 4.74 Å². The number of hydrogen-bond acceptors (Lipinski definition) is 4. The molecular formula is C21H29N3O3. The van der Waals surface area contributed by atoms with Gasteiger partial charge in [-0.2, -0.15) is 0 Å². The standard InChI is InChI=1S/C21H29N3O3/c1-15(2)9-10-22-21(26)23-20(25)14-24(3)13-16-5-6-18-12-19(27-4)8-7-17(18)11-16/h5-8,11-12,15H,9-10,13-14H2,1-4H3,(H2,22,23,25,26). The average molecular weight is 371 g/mol. The maximum atomic E-state index is 12.0. The molecule has 0 fully saturated rings. The number of nitrogens with one attached hydrogen (secondary N) is 2. The predicted molar refractivity (Wildman–Crippen MR) is 108 cm³/mol. The molecule has 0 aliphatic rings. The number of benzene rings is 2. The Morgan fingerprint density at radius 3 is 2.52 bits per heavy atom. The van der Waals surface area contributed by atoms with E-state index in [1.54, 1.807) is 7.11 Å². The van der Waals surface area contributed by atoms with E-state index in [1.165, 1.54) is 0 Å². The largest absolute Gasteiger partial charge is 0.497 e. The van der Waals surface area contributed by atoms with Crippen LogP contribution in [-0.4, -0.2) is 44.1 Å². The summed E-state index contributed by atoms with van der Waals surface area (Å²) in [6, 6.07) is 11.7. The zero-order chi connectivity index (χ0) is 19.8. The predicted octanol–water partition coefficient (Wildman–Crippen LogP) is 3.15. The number of likely N-dealkylation sites (N-methyl/N-ethyl adjacent to an activating group) is 1. The van der Waals surface area contributed by atoms with Crippen LogP contribution in [0.25, 0.3) is 10.8 Å². The van der Waals surface area contributed by atoms with Crippen LogP contribution in [-0.2, 0) is 11.3 Å². The third-order valence-electron chi connectivity index (χ3n) is 4.24. The van der Waals surface area contributed by atoms with E-state index in [1.807, 2.05) is 42.3 Å². The van der Waals surface area contributed by atoms with Gasteiger partial charge in [-0.3, -0.25) is 15.0 Å². The summed E-state index contributed by atoms with van der Waals surface area (Å²) in [5.41, 5.74) is 1.10. The van der Waals surface area contributed by atoms with Gasteiger partial charge in [-0.05, 0) is 53.9 Å². The molecule has 3 amide bonds. The maximum Gasteiger partial charge on any atom is 0.321 e. The van der Waals surface area contributed by atoms with E-state index in [-0.39, 0.29) is 12.5 Å². The number of fused-ring (bicyclic) bond motifs is 1. The molecule has 2 aromatic carbocycles. The number of imide groups is 1. The second kappa shape index (κ2) is 9.92. The van der Waals surface area contributed by atoms with E-state index >= 15 is 0 Å². The van der Waals surface area contributed by atoms with Crippen LogP contribution in [0, 0.1) is 5.92 Å². The highest BCUT2D eigenvalue weighted by Crippen LogP contribution is 2.22. The third-order valence-corrected chi connectivity index (χ3v) is 4.24. The van der Waals surface area contributed by atoms with Gasteiger partial charge in [-0.25, -0.2) is 4.79 Å². The summed E-state index contributed by atoms with van der Waals surface area (Å²) in [5.74, 6) is 1.02. The highest BCUT2D eigenvalue weighted by atomic mass is 16.5. The van der Waals surface area contributed by atoms with Crippen molar-refractivity contribution in [1.82, 2.24) is 15.5 Å². The Morgan fingerprint density at radius 1 is 1.11 bits per heavy atom. The number of nitrogens with zero attached hydrogens (tertiary/aromatic N) is 1. The van der Waals surface area contributed by atoms with Crippen LogP contribution in [0.2, 0.25) is 0 Å². The summed E-state index contributed by atoms with van der Waals surface area (Å²) < 4.78 is 5.24. The van der Waals surface area contributed by atoms with E-state index in [0.717, 1.165) is 28.5 Å². The molecule has 2 N–H and O–H groups in total. The van der Waals surface area contributed by atoms with Gasteiger partial charge in [0.1, 0.15) is 5.75 Å². The van der Waals surface area contributed by atoms with E-state index in [0.29, 0.717) is 19.0 Å². The summed E-state index contributed by atoms with van der Waals surface area (Å²) in [6.07, 6.45) is 0.884. The lowest BCUT2D eigenvalue weighted by molar-refractivity contribution is -0.120. The third kappa shape index (κ3) is 6.90. The molecule has 0 radical (unpaired) electrons. The normalized spacial score (nSPS) is 11.0. The van der Waals surface area contributed by atoms with Gasteiger partial charge >= 0.3 is 6.03 Å². The SMILES string of the molecule is COc1ccc2cc(CN(C)CC(=O)NC(=O)NCCC(C)C)ccc2c1. The molecule has 2 rings (SSSR count). The summed E-state index contributed by atoms with van der Waals surface area (Å²) in [4.78, 5) is 25.6. The molecule has 0 bridgehead atoms. The Labute approximate surface area is 160 Å². The quantitative estimate of drug-likeness (QED) is 0.748. The van der Waals surface area contributed by atoms with E-state index in [9.17, 15) is 9.59 Å². The number of rotatable bonds is 8. The number of urea groups is 1. The molecule has 6 nitrogen and oxygen atoms in total. The fourth-order valence-corrected chi connectivity index (χ4v) is 2.80. The molecular weight excluding hydrogens is 342 g/mol. The lowest BCUT2D eigenvalue weighted by Gasteiger charge is -2.17. The van der Waals surface area contributed by atoms with Gasteiger partial charge in [0, 0.05) is 13.1 Å². The van der Waals surface area contributed by atoms with Crippen LogP contribution in [0.4, 0.5) is 4.79 Å². The molecule has 2 aromatic rings. The molecule has 0 saturated heterocycles. The Morgan fingerprint density at radius 2 is 1.81 bits per heavy atom. The van der Waals surface area contributed by atoms with Gasteiger partial charge in [0.15, 0.2) is 0 Å². The maximum absolute atomic E-state index is 12.0. The Hall–Kier alpha value is -2.60. The number of methoxy groups -OCH3 is 1. The van der Waals surface area contributed by atoms with Gasteiger partial charge in [-0.1, -0.05) is 32.0 Å². The van der Waals surface area contributed by atoms with Crippen molar-refractivity contribution in [1.29, 1.82) is 0 Å². The zero-order valence-corrected chi connectivity index (χ0v) is 16.5. The van der Waals surface area contributed by atoms with E-state index < -0.39 is 6.03 Å². The van der Waals surface area contributed by atoms with Crippen LogP contribution < -0.4 is 15.4 Å². The number of carbonyl (C=O) groups is 2. The number of carbonyl (C=O) groups excluding carboxylic acids is 2. The van der Waals surface area contributed by atoms with Gasteiger partial charge in [0.25, 0.3) is 0 Å². The zero-order valence-electron chi connectivity index (χ0n) is 16.5. The van der Waals surface area contributed by atoms with Crippen LogP contribution in [0.5, 0.6) is 5.75 Å². The lowest BCUT2D eigenvalue weighted by Crippen LogP contribution is -2.44. The summed E-state index contributed by atoms with van der Waals surface area (Å²) in [6.45, 7) is 5.50. The van der Waals surface area contributed by atoms with Crippen molar-refractivity contribution in [2.24, 2.45) is 5.92 Å². The highest BCUT2D eigenvalue weighted by molar-refractivity contribution is 5.95. The number of amides is 3. The first kappa shape index (κ1) is 20.7. The van der Waals surface area contributed by atoms with Crippen LogP contribution in [0.15, 0.2) is 36.4 Å². The molecule has 0 aliphatic heterocycles. The Bertz CT molecular complexity index is 789. The average Bonchev–Trinajstić information content (AvgIpc) is 2.60. The second-order valence-corrected chi connectivity index (χ2v) is 7.21. The first-order valence-corrected chi connectivity index (χ1v) is 9.20. The van der Waals surface area contributed by atoms with Crippen molar-refractivity contribution in [2.75, 3.05) is 27.2 Å². The van der Waals surface area contributed by atoms with Crippen molar-refractivity contribution in [2.45, 2.75) is 26.8 Å². The molecule has 0 aromatic heterocycles. The first-order valence-electron chi connectivity index (χ1n) is 9.20. The minimum atomic E-state index is -0.436. The first-order chi connectivity index (χ1) is 12.9. The second-order valence-electron chi connectivity index (χ2n) is 7.21. The smallest absolute Gasteiger partial charge is 0.321 e. The van der Waals surface area contributed by atoms with Gasteiger partial charge in [0.2, 0.25) is 5.91 Å². The van der Waals surface area contributed by atoms with Crippen molar-refractivity contribution in [3.63, 3.8) is 0 Å². The van der Waals surface area contributed by atoms with Crippen LogP contribution in [0.1, 0.15) is 25.8 Å². The Balaban J connectivity index is 1.84. The van der Waals surface area contributed by atoms with Crippen molar-refractivity contribution in [3.05, 3.63) is 42.0 Å².